The SMILES string of the molecule is COc1cc(C(N)Cc2ccc(C)cc2)ccc1Cl. The van der Waals surface area contributed by atoms with Crippen LogP contribution in [0.2, 0.25) is 5.02 Å². The summed E-state index contributed by atoms with van der Waals surface area (Å²) >= 11 is 6.01. The van der Waals surface area contributed by atoms with Crippen molar-refractivity contribution in [3.8, 4) is 5.75 Å². The molecule has 1 atom stereocenters. The number of halogens is 1. The van der Waals surface area contributed by atoms with Crippen LogP contribution in [0.4, 0.5) is 0 Å². The molecule has 0 aliphatic carbocycles. The van der Waals surface area contributed by atoms with Crippen molar-refractivity contribution in [1.82, 2.24) is 0 Å². The molecule has 2 nitrogen and oxygen atoms in total. The summed E-state index contributed by atoms with van der Waals surface area (Å²) in [5, 5.41) is 0.605. The molecule has 0 heterocycles. The Kier molecular flexibility index (Phi) is 4.46. The molecule has 0 aromatic heterocycles. The second-order valence-corrected chi connectivity index (χ2v) is 5.10. The van der Waals surface area contributed by atoms with E-state index in [9.17, 15) is 0 Å². The Labute approximate surface area is 119 Å². The molecule has 0 aliphatic heterocycles. The Hall–Kier alpha value is -1.51. The first-order valence-electron chi connectivity index (χ1n) is 6.24. The lowest BCUT2D eigenvalue weighted by Gasteiger charge is -2.14. The van der Waals surface area contributed by atoms with E-state index in [1.165, 1.54) is 11.1 Å². The third-order valence-corrected chi connectivity index (χ3v) is 3.49. The highest BCUT2D eigenvalue weighted by molar-refractivity contribution is 6.32. The predicted molar refractivity (Wildman–Crippen MR) is 79.8 cm³/mol. The van der Waals surface area contributed by atoms with Crippen LogP contribution in [0.5, 0.6) is 5.75 Å². The van der Waals surface area contributed by atoms with E-state index in [-0.39, 0.29) is 6.04 Å². The zero-order valence-electron chi connectivity index (χ0n) is 11.2. The molecule has 19 heavy (non-hydrogen) atoms. The third kappa shape index (κ3) is 3.49. The van der Waals surface area contributed by atoms with Gasteiger partial charge in [0.15, 0.2) is 0 Å². The van der Waals surface area contributed by atoms with Crippen molar-refractivity contribution in [2.24, 2.45) is 5.73 Å². The van der Waals surface area contributed by atoms with Crippen molar-refractivity contribution in [2.75, 3.05) is 7.11 Å². The molecule has 0 bridgehead atoms. The first-order chi connectivity index (χ1) is 9.10. The summed E-state index contributed by atoms with van der Waals surface area (Å²) < 4.78 is 5.21. The van der Waals surface area contributed by atoms with Crippen LogP contribution in [0.25, 0.3) is 0 Å². The average molecular weight is 276 g/mol. The lowest BCUT2D eigenvalue weighted by Crippen LogP contribution is -2.13. The second kappa shape index (κ2) is 6.09. The molecule has 0 spiro atoms. The van der Waals surface area contributed by atoms with Gasteiger partial charge in [-0.25, -0.2) is 0 Å². The topological polar surface area (TPSA) is 35.2 Å². The molecule has 100 valence electrons. The van der Waals surface area contributed by atoms with E-state index in [1.807, 2.05) is 18.2 Å². The fraction of sp³-hybridized carbons (Fsp3) is 0.250. The molecular weight excluding hydrogens is 258 g/mol. The zero-order chi connectivity index (χ0) is 13.8. The van der Waals surface area contributed by atoms with Gasteiger partial charge < -0.3 is 10.5 Å². The van der Waals surface area contributed by atoms with E-state index < -0.39 is 0 Å². The van der Waals surface area contributed by atoms with E-state index in [0.29, 0.717) is 10.8 Å². The molecule has 0 aliphatic rings. The first kappa shape index (κ1) is 13.9. The van der Waals surface area contributed by atoms with Gasteiger partial charge in [0.1, 0.15) is 5.75 Å². The molecule has 2 aromatic carbocycles. The summed E-state index contributed by atoms with van der Waals surface area (Å²) in [5.74, 6) is 0.665. The number of hydrogen-bond acceptors (Lipinski definition) is 2. The van der Waals surface area contributed by atoms with Crippen LogP contribution in [-0.2, 0) is 6.42 Å². The van der Waals surface area contributed by atoms with Crippen molar-refractivity contribution in [2.45, 2.75) is 19.4 Å². The highest BCUT2D eigenvalue weighted by Gasteiger charge is 2.10. The Morgan fingerprint density at radius 1 is 1.16 bits per heavy atom. The van der Waals surface area contributed by atoms with Gasteiger partial charge >= 0.3 is 0 Å². The molecule has 2 N–H and O–H groups in total. The number of methoxy groups -OCH3 is 1. The van der Waals surface area contributed by atoms with Crippen LogP contribution in [0.1, 0.15) is 22.7 Å². The predicted octanol–water partition coefficient (Wildman–Crippen LogP) is 3.90. The lowest BCUT2D eigenvalue weighted by molar-refractivity contribution is 0.414. The zero-order valence-corrected chi connectivity index (χ0v) is 11.9. The van der Waals surface area contributed by atoms with Crippen LogP contribution in [0.15, 0.2) is 42.5 Å². The van der Waals surface area contributed by atoms with Gasteiger partial charge in [-0.1, -0.05) is 47.5 Å². The molecule has 0 radical (unpaired) electrons. The van der Waals surface area contributed by atoms with Crippen LogP contribution in [-0.4, -0.2) is 7.11 Å². The Bertz CT molecular complexity index is 551. The monoisotopic (exact) mass is 275 g/mol. The third-order valence-electron chi connectivity index (χ3n) is 3.18. The minimum atomic E-state index is -0.0612. The van der Waals surface area contributed by atoms with Gasteiger partial charge in [-0.15, -0.1) is 0 Å². The summed E-state index contributed by atoms with van der Waals surface area (Å²) in [6.07, 6.45) is 0.797. The molecule has 1 unspecified atom stereocenters. The Morgan fingerprint density at radius 3 is 2.47 bits per heavy atom. The molecule has 3 heteroatoms. The number of nitrogens with two attached hydrogens (primary N) is 1. The maximum Gasteiger partial charge on any atom is 0.137 e. The largest absolute Gasteiger partial charge is 0.495 e. The molecular formula is C16H18ClNO. The maximum atomic E-state index is 6.24. The minimum Gasteiger partial charge on any atom is -0.495 e. The highest BCUT2D eigenvalue weighted by Crippen LogP contribution is 2.28. The fourth-order valence-electron chi connectivity index (χ4n) is 2.00. The van der Waals surface area contributed by atoms with Gasteiger partial charge in [0, 0.05) is 6.04 Å². The van der Waals surface area contributed by atoms with E-state index >= 15 is 0 Å². The summed E-state index contributed by atoms with van der Waals surface area (Å²) in [7, 11) is 1.61. The van der Waals surface area contributed by atoms with Gasteiger partial charge in [0.2, 0.25) is 0 Å². The van der Waals surface area contributed by atoms with Gasteiger partial charge in [-0.2, -0.15) is 0 Å². The number of aryl methyl sites for hydroxylation is 1. The number of rotatable bonds is 4. The summed E-state index contributed by atoms with van der Waals surface area (Å²) in [5.41, 5.74) is 9.75. The van der Waals surface area contributed by atoms with Crippen LogP contribution in [0.3, 0.4) is 0 Å². The average Bonchev–Trinajstić information content (AvgIpc) is 2.42. The molecule has 0 fully saturated rings. The normalized spacial score (nSPS) is 12.2. The number of ether oxygens (including phenoxy) is 1. The molecule has 0 saturated heterocycles. The first-order valence-corrected chi connectivity index (χ1v) is 6.62. The smallest absolute Gasteiger partial charge is 0.137 e. The highest BCUT2D eigenvalue weighted by atomic mass is 35.5. The minimum absolute atomic E-state index is 0.0612. The molecule has 2 rings (SSSR count). The van der Waals surface area contributed by atoms with Crippen LogP contribution < -0.4 is 10.5 Å². The molecule has 0 saturated carbocycles. The summed E-state index contributed by atoms with van der Waals surface area (Å²) in [6, 6.07) is 14.0. The van der Waals surface area contributed by atoms with Crippen LogP contribution >= 0.6 is 11.6 Å². The summed E-state index contributed by atoms with van der Waals surface area (Å²) in [6.45, 7) is 2.08. The number of hydrogen-bond donors (Lipinski definition) is 1. The van der Waals surface area contributed by atoms with Gasteiger partial charge in [-0.3, -0.25) is 0 Å². The van der Waals surface area contributed by atoms with Crippen molar-refractivity contribution in [1.29, 1.82) is 0 Å². The van der Waals surface area contributed by atoms with Gasteiger partial charge in [0.05, 0.1) is 12.1 Å². The van der Waals surface area contributed by atoms with Crippen molar-refractivity contribution in [3.05, 3.63) is 64.2 Å². The fourth-order valence-corrected chi connectivity index (χ4v) is 2.20. The van der Waals surface area contributed by atoms with E-state index in [2.05, 4.69) is 31.2 Å². The second-order valence-electron chi connectivity index (χ2n) is 4.69. The van der Waals surface area contributed by atoms with Gasteiger partial charge in [-0.05, 0) is 36.6 Å². The van der Waals surface area contributed by atoms with E-state index in [4.69, 9.17) is 22.1 Å². The van der Waals surface area contributed by atoms with E-state index in [1.54, 1.807) is 7.11 Å². The Balaban J connectivity index is 2.15. The molecule has 0 amide bonds. The Morgan fingerprint density at radius 2 is 1.84 bits per heavy atom. The van der Waals surface area contributed by atoms with Gasteiger partial charge in [0.25, 0.3) is 0 Å². The maximum absolute atomic E-state index is 6.24. The van der Waals surface area contributed by atoms with Crippen molar-refractivity contribution < 1.29 is 4.74 Å². The quantitative estimate of drug-likeness (QED) is 0.918. The standard InChI is InChI=1S/C16H18ClNO/c1-11-3-5-12(6-4-11)9-15(18)13-7-8-14(17)16(10-13)19-2/h3-8,10,15H,9,18H2,1-2H3. The van der Waals surface area contributed by atoms with Crippen molar-refractivity contribution in [3.63, 3.8) is 0 Å². The van der Waals surface area contributed by atoms with E-state index in [0.717, 1.165) is 12.0 Å². The van der Waals surface area contributed by atoms with Crippen molar-refractivity contribution >= 4 is 11.6 Å². The summed E-state index contributed by atoms with van der Waals surface area (Å²) in [4.78, 5) is 0. The number of benzene rings is 2. The molecule has 2 aromatic rings. The lowest BCUT2D eigenvalue weighted by atomic mass is 9.99. The van der Waals surface area contributed by atoms with Crippen LogP contribution in [0, 0.1) is 6.92 Å².